The van der Waals surface area contributed by atoms with Crippen molar-refractivity contribution in [2.75, 3.05) is 5.73 Å². The molecule has 0 aliphatic heterocycles. The summed E-state index contributed by atoms with van der Waals surface area (Å²) in [6.07, 6.45) is 0. The fourth-order valence-corrected chi connectivity index (χ4v) is 2.43. The second-order valence-corrected chi connectivity index (χ2v) is 5.87. The highest BCUT2D eigenvalue weighted by Crippen LogP contribution is 2.35. The average molecular weight is 307 g/mol. The van der Waals surface area contributed by atoms with E-state index in [0.29, 0.717) is 0 Å². The van der Waals surface area contributed by atoms with Gasteiger partial charge in [0.15, 0.2) is 0 Å². The van der Waals surface area contributed by atoms with Crippen LogP contribution in [0.2, 0.25) is 0 Å². The van der Waals surface area contributed by atoms with Crippen LogP contribution in [0.4, 0.5) is 5.69 Å². The molecule has 0 amide bonds. The molecule has 0 aliphatic carbocycles. The molecule has 13 heavy (non-hydrogen) atoms. The summed E-state index contributed by atoms with van der Waals surface area (Å²) in [6, 6.07) is 4.03. The zero-order chi connectivity index (χ0) is 10.2. The maximum Gasteiger partial charge on any atom is 0.0497 e. The van der Waals surface area contributed by atoms with Crippen molar-refractivity contribution in [2.24, 2.45) is 0 Å². The number of anilines is 1. The lowest BCUT2D eigenvalue weighted by molar-refractivity contribution is 0.592. The van der Waals surface area contributed by atoms with Crippen molar-refractivity contribution in [3.63, 3.8) is 0 Å². The first-order valence-corrected chi connectivity index (χ1v) is 5.66. The van der Waals surface area contributed by atoms with Crippen LogP contribution in [-0.4, -0.2) is 0 Å². The largest absolute Gasteiger partial charge is 0.398 e. The van der Waals surface area contributed by atoms with E-state index in [1.165, 1.54) is 0 Å². The highest BCUT2D eigenvalue weighted by molar-refractivity contribution is 9.11. The highest BCUT2D eigenvalue weighted by Gasteiger charge is 2.18. The summed E-state index contributed by atoms with van der Waals surface area (Å²) in [4.78, 5) is 0. The average Bonchev–Trinajstić information content (AvgIpc) is 1.94. The summed E-state index contributed by atoms with van der Waals surface area (Å²) >= 11 is 6.89. The van der Waals surface area contributed by atoms with E-state index in [4.69, 9.17) is 5.73 Å². The number of hydrogen-bond acceptors (Lipinski definition) is 1. The van der Waals surface area contributed by atoms with Gasteiger partial charge >= 0.3 is 0 Å². The lowest BCUT2D eigenvalue weighted by Gasteiger charge is -2.22. The van der Waals surface area contributed by atoms with E-state index in [2.05, 4.69) is 58.7 Å². The molecule has 0 aliphatic rings. The minimum atomic E-state index is 0.0797. The molecular weight excluding hydrogens is 294 g/mol. The third-order valence-electron chi connectivity index (χ3n) is 1.90. The molecule has 1 nitrogen and oxygen atoms in total. The molecule has 0 saturated heterocycles. The van der Waals surface area contributed by atoms with Gasteiger partial charge in [0.2, 0.25) is 0 Å². The Bertz CT molecular complexity index is 326. The third-order valence-corrected chi connectivity index (χ3v) is 3.02. The molecule has 3 heteroatoms. The minimum absolute atomic E-state index is 0.0797. The molecule has 0 radical (unpaired) electrons. The van der Waals surface area contributed by atoms with Crippen LogP contribution in [0.5, 0.6) is 0 Å². The molecule has 0 bridgehead atoms. The van der Waals surface area contributed by atoms with Crippen LogP contribution in [0.3, 0.4) is 0 Å². The van der Waals surface area contributed by atoms with Crippen LogP contribution in [0.1, 0.15) is 26.3 Å². The van der Waals surface area contributed by atoms with Crippen molar-refractivity contribution in [3.8, 4) is 0 Å². The summed E-state index contributed by atoms with van der Waals surface area (Å²) in [7, 11) is 0. The van der Waals surface area contributed by atoms with Crippen LogP contribution in [-0.2, 0) is 5.41 Å². The SMILES string of the molecule is CC(C)(C)c1cc(Br)cc(Br)c1N. The summed E-state index contributed by atoms with van der Waals surface area (Å²) in [6.45, 7) is 6.45. The van der Waals surface area contributed by atoms with E-state index in [9.17, 15) is 0 Å². The molecule has 1 aromatic carbocycles. The van der Waals surface area contributed by atoms with Crippen LogP contribution < -0.4 is 5.73 Å². The zero-order valence-corrected chi connectivity index (χ0v) is 11.2. The van der Waals surface area contributed by atoms with Crippen molar-refractivity contribution in [2.45, 2.75) is 26.2 Å². The van der Waals surface area contributed by atoms with Crippen molar-refractivity contribution in [3.05, 3.63) is 26.6 Å². The Balaban J connectivity index is 3.37. The Hall–Kier alpha value is -0.0200. The van der Waals surface area contributed by atoms with Crippen molar-refractivity contribution < 1.29 is 0 Å². The van der Waals surface area contributed by atoms with E-state index >= 15 is 0 Å². The number of nitrogens with two attached hydrogens (primary N) is 1. The highest BCUT2D eigenvalue weighted by atomic mass is 79.9. The molecule has 0 saturated carbocycles. The molecule has 0 atom stereocenters. The molecule has 0 unspecified atom stereocenters. The topological polar surface area (TPSA) is 26.0 Å². The van der Waals surface area contributed by atoms with E-state index in [-0.39, 0.29) is 5.41 Å². The Morgan fingerprint density at radius 2 is 1.69 bits per heavy atom. The van der Waals surface area contributed by atoms with Gasteiger partial charge in [-0.25, -0.2) is 0 Å². The van der Waals surface area contributed by atoms with Gasteiger partial charge < -0.3 is 5.73 Å². The molecule has 0 aromatic heterocycles. The summed E-state index contributed by atoms with van der Waals surface area (Å²) in [5, 5.41) is 0. The van der Waals surface area contributed by atoms with Gasteiger partial charge in [-0.1, -0.05) is 36.7 Å². The fraction of sp³-hybridized carbons (Fsp3) is 0.400. The van der Waals surface area contributed by atoms with E-state index in [0.717, 1.165) is 20.2 Å². The van der Waals surface area contributed by atoms with Gasteiger partial charge in [0.05, 0.1) is 0 Å². The molecule has 2 N–H and O–H groups in total. The zero-order valence-electron chi connectivity index (χ0n) is 7.99. The second kappa shape index (κ2) is 3.62. The first kappa shape index (κ1) is 11.1. The number of hydrogen-bond donors (Lipinski definition) is 1. The van der Waals surface area contributed by atoms with Gasteiger partial charge in [-0.15, -0.1) is 0 Å². The maximum atomic E-state index is 5.97. The molecule has 1 rings (SSSR count). The maximum absolute atomic E-state index is 5.97. The molecule has 0 spiro atoms. The van der Waals surface area contributed by atoms with Crippen molar-refractivity contribution >= 4 is 37.5 Å². The Labute approximate surface area is 96.0 Å². The number of nitrogen functional groups attached to an aromatic ring is 1. The third kappa shape index (κ3) is 2.47. The van der Waals surface area contributed by atoms with E-state index in [1.807, 2.05) is 6.07 Å². The monoisotopic (exact) mass is 305 g/mol. The van der Waals surface area contributed by atoms with Gasteiger partial charge in [0.1, 0.15) is 0 Å². The van der Waals surface area contributed by atoms with Gasteiger partial charge in [0.25, 0.3) is 0 Å². The number of halogens is 2. The van der Waals surface area contributed by atoms with E-state index in [1.54, 1.807) is 0 Å². The van der Waals surface area contributed by atoms with Gasteiger partial charge in [0, 0.05) is 14.6 Å². The van der Waals surface area contributed by atoms with Crippen molar-refractivity contribution in [1.29, 1.82) is 0 Å². The van der Waals surface area contributed by atoms with Gasteiger partial charge in [-0.05, 0) is 39.0 Å². The Morgan fingerprint density at radius 1 is 1.15 bits per heavy atom. The van der Waals surface area contributed by atoms with E-state index < -0.39 is 0 Å². The van der Waals surface area contributed by atoms with Crippen LogP contribution in [0.25, 0.3) is 0 Å². The molecular formula is C10H13Br2N. The molecule has 0 heterocycles. The second-order valence-electron chi connectivity index (χ2n) is 4.10. The lowest BCUT2D eigenvalue weighted by Crippen LogP contribution is -2.14. The normalized spacial score (nSPS) is 11.8. The quantitative estimate of drug-likeness (QED) is 0.718. The number of benzene rings is 1. The molecule has 72 valence electrons. The Kier molecular flexibility index (Phi) is 3.08. The molecule has 0 fully saturated rings. The standard InChI is InChI=1S/C10H13Br2N/c1-10(2,3)7-4-6(11)5-8(12)9(7)13/h4-5H,13H2,1-3H3. The van der Waals surface area contributed by atoms with Crippen LogP contribution in [0.15, 0.2) is 21.1 Å². The van der Waals surface area contributed by atoms with Crippen molar-refractivity contribution in [1.82, 2.24) is 0 Å². The smallest absolute Gasteiger partial charge is 0.0497 e. The van der Waals surface area contributed by atoms with Gasteiger partial charge in [-0.3, -0.25) is 0 Å². The van der Waals surface area contributed by atoms with Gasteiger partial charge in [-0.2, -0.15) is 0 Å². The van der Waals surface area contributed by atoms with Crippen LogP contribution in [0, 0.1) is 0 Å². The summed E-state index contributed by atoms with van der Waals surface area (Å²) < 4.78 is 2.00. The predicted octanol–water partition coefficient (Wildman–Crippen LogP) is 4.09. The first-order chi connectivity index (χ1) is 5.82. The van der Waals surface area contributed by atoms with Crippen LogP contribution >= 0.6 is 31.9 Å². The fourth-order valence-electron chi connectivity index (χ4n) is 1.21. The first-order valence-electron chi connectivity index (χ1n) is 4.07. The Morgan fingerprint density at radius 3 is 2.15 bits per heavy atom. The molecule has 1 aromatic rings. The predicted molar refractivity (Wildman–Crippen MR) is 65.0 cm³/mol. The summed E-state index contributed by atoms with van der Waals surface area (Å²) in [5.41, 5.74) is 8.04. The minimum Gasteiger partial charge on any atom is -0.398 e. The lowest BCUT2D eigenvalue weighted by atomic mass is 9.86. The summed E-state index contributed by atoms with van der Waals surface area (Å²) in [5.74, 6) is 0. The number of rotatable bonds is 0.